The van der Waals surface area contributed by atoms with Crippen molar-refractivity contribution in [2.75, 3.05) is 19.1 Å². The van der Waals surface area contributed by atoms with Gasteiger partial charge in [-0.05, 0) is 37.1 Å². The molecular formula is C22H23ClN4O7S. The van der Waals surface area contributed by atoms with Crippen molar-refractivity contribution in [2.45, 2.75) is 18.9 Å². The molecule has 0 atom stereocenters. The first kappa shape index (κ1) is 26.0. The van der Waals surface area contributed by atoms with Crippen molar-refractivity contribution in [1.82, 2.24) is 10.3 Å². The van der Waals surface area contributed by atoms with Crippen molar-refractivity contribution < 1.29 is 32.0 Å². The van der Waals surface area contributed by atoms with E-state index in [2.05, 4.69) is 10.3 Å². The van der Waals surface area contributed by atoms with Gasteiger partial charge in [0, 0.05) is 23.7 Å². The van der Waals surface area contributed by atoms with Crippen LogP contribution in [0, 0.1) is 0 Å². The zero-order chi connectivity index (χ0) is 25.9. The molecule has 6 N–H and O–H groups in total. The third-order valence-electron chi connectivity index (χ3n) is 4.81. The Morgan fingerprint density at radius 1 is 1.14 bits per heavy atom. The molecule has 35 heavy (non-hydrogen) atoms. The van der Waals surface area contributed by atoms with E-state index in [9.17, 15) is 18.0 Å². The number of benzene rings is 2. The molecule has 1 fully saturated rings. The summed E-state index contributed by atoms with van der Waals surface area (Å²) in [7, 11) is -2.22. The van der Waals surface area contributed by atoms with Crippen molar-refractivity contribution >= 4 is 50.1 Å². The van der Waals surface area contributed by atoms with E-state index in [0.29, 0.717) is 28.7 Å². The first-order valence-electron chi connectivity index (χ1n) is 10.1. The van der Waals surface area contributed by atoms with Crippen LogP contribution >= 0.6 is 11.6 Å². The minimum absolute atomic E-state index is 0.114. The zero-order valence-electron chi connectivity index (χ0n) is 18.7. The first-order chi connectivity index (χ1) is 16.4. The van der Waals surface area contributed by atoms with E-state index in [1.54, 1.807) is 36.5 Å². The second kappa shape index (κ2) is 10.3. The summed E-state index contributed by atoms with van der Waals surface area (Å²) in [4.78, 5) is 28.4. The highest BCUT2D eigenvalue weighted by Crippen LogP contribution is 2.38. The summed E-state index contributed by atoms with van der Waals surface area (Å²) in [5.74, 6) is 0.0636. The Balaban J connectivity index is 0.000000623. The number of primary amides is 1. The van der Waals surface area contributed by atoms with Crippen molar-refractivity contribution in [1.29, 1.82) is 0 Å². The number of rotatable bonds is 6. The molecule has 1 aliphatic carbocycles. The minimum atomic E-state index is -3.67. The predicted molar refractivity (Wildman–Crippen MR) is 131 cm³/mol. The molecule has 11 nitrogen and oxygen atoms in total. The summed E-state index contributed by atoms with van der Waals surface area (Å²) in [6.45, 7) is 0. The maximum Gasteiger partial charge on any atom is 0.261 e. The number of ether oxygens (including phenoxy) is 2. The van der Waals surface area contributed by atoms with Crippen molar-refractivity contribution in [2.24, 2.45) is 5.73 Å². The molecule has 2 amide bonds. The second-order valence-corrected chi connectivity index (χ2v) is 9.51. The van der Waals surface area contributed by atoms with Gasteiger partial charge in [-0.2, -0.15) is 8.42 Å². The van der Waals surface area contributed by atoms with Gasteiger partial charge in [-0.3, -0.25) is 19.1 Å². The molecule has 1 aliphatic rings. The summed E-state index contributed by atoms with van der Waals surface area (Å²) < 4.78 is 37.1. The van der Waals surface area contributed by atoms with Crippen LogP contribution < -0.4 is 26.3 Å². The average molecular weight is 523 g/mol. The Hall–Kier alpha value is -3.61. The van der Waals surface area contributed by atoms with E-state index in [1.165, 1.54) is 7.11 Å². The molecule has 0 aliphatic heterocycles. The predicted octanol–water partition coefficient (Wildman–Crippen LogP) is 2.77. The molecule has 4 rings (SSSR count). The van der Waals surface area contributed by atoms with Gasteiger partial charge in [0.1, 0.15) is 11.5 Å². The highest BCUT2D eigenvalue weighted by molar-refractivity contribution is 7.85. The first-order valence-corrected chi connectivity index (χ1v) is 12.4. The molecule has 1 aromatic heterocycles. The average Bonchev–Trinajstić information content (AvgIpc) is 3.59. The van der Waals surface area contributed by atoms with Crippen LogP contribution in [0.2, 0.25) is 5.02 Å². The molecule has 0 radical (unpaired) electrons. The molecule has 13 heteroatoms. The maximum absolute atomic E-state index is 12.3. The van der Waals surface area contributed by atoms with Crippen LogP contribution in [0.1, 0.15) is 33.6 Å². The quantitative estimate of drug-likeness (QED) is 0.279. The number of hydrogen-bond donors (Lipinski definition) is 4. The van der Waals surface area contributed by atoms with Crippen LogP contribution in [0.15, 0.2) is 36.5 Å². The SMILES string of the molecule is COc1cc2nccc(Oc3ccc(C(=O)NC4CC4)c(Cl)c3N)c2cc1C(N)=O.CS(=O)(=O)O. The third kappa shape index (κ3) is 6.72. The summed E-state index contributed by atoms with van der Waals surface area (Å²) in [5, 5.41) is 3.53. The van der Waals surface area contributed by atoms with Gasteiger partial charge in [-0.25, -0.2) is 0 Å². The molecule has 186 valence electrons. The standard InChI is InChI=1S/C21H19ClN4O4.CH4O3S/c1-29-17-9-14-12(8-13(17)20(24)27)15(6-7-25-14)30-16-5-4-11(18(22)19(16)23)21(28)26-10-2-3-10;1-5(2,3)4/h4-10H,2-3,23H2,1H3,(H2,24,27)(H,26,28);1H3,(H,2,3,4). The van der Waals surface area contributed by atoms with Gasteiger partial charge in [0.05, 0.1) is 40.7 Å². The Morgan fingerprint density at radius 3 is 2.37 bits per heavy atom. The summed E-state index contributed by atoms with van der Waals surface area (Å²) in [6, 6.07) is 8.12. The number of aromatic nitrogens is 1. The molecular weight excluding hydrogens is 500 g/mol. The zero-order valence-corrected chi connectivity index (χ0v) is 20.3. The number of carbonyl (C=O) groups is 2. The Bertz CT molecular complexity index is 1400. The van der Waals surface area contributed by atoms with Crippen molar-refractivity contribution in [3.8, 4) is 17.2 Å². The molecule has 1 heterocycles. The van der Waals surface area contributed by atoms with E-state index in [1.807, 2.05) is 0 Å². The summed E-state index contributed by atoms with van der Waals surface area (Å²) >= 11 is 6.33. The van der Waals surface area contributed by atoms with E-state index < -0.39 is 16.0 Å². The molecule has 0 unspecified atom stereocenters. The monoisotopic (exact) mass is 522 g/mol. The number of hydrogen-bond acceptors (Lipinski definition) is 8. The molecule has 3 aromatic rings. The topological polar surface area (TPSA) is 184 Å². The van der Waals surface area contributed by atoms with Crippen LogP contribution in [0.5, 0.6) is 17.2 Å². The number of nitrogens with zero attached hydrogens (tertiary/aromatic N) is 1. The van der Waals surface area contributed by atoms with Crippen LogP contribution in [0.25, 0.3) is 10.9 Å². The van der Waals surface area contributed by atoms with Gasteiger partial charge in [0.25, 0.3) is 21.9 Å². The fourth-order valence-electron chi connectivity index (χ4n) is 3.05. The lowest BCUT2D eigenvalue weighted by Gasteiger charge is -2.15. The van der Waals surface area contributed by atoms with Crippen LogP contribution in [-0.2, 0) is 10.1 Å². The van der Waals surface area contributed by atoms with Gasteiger partial charge in [-0.1, -0.05) is 11.6 Å². The maximum atomic E-state index is 12.3. The van der Waals surface area contributed by atoms with Crippen molar-refractivity contribution in [3.05, 3.63) is 52.7 Å². The fourth-order valence-corrected chi connectivity index (χ4v) is 3.29. The Morgan fingerprint density at radius 2 is 1.80 bits per heavy atom. The molecule has 2 aromatic carbocycles. The number of nitrogen functional groups attached to an aromatic ring is 1. The lowest BCUT2D eigenvalue weighted by Crippen LogP contribution is -2.25. The van der Waals surface area contributed by atoms with E-state index in [-0.39, 0.29) is 39.5 Å². The summed E-state index contributed by atoms with van der Waals surface area (Å²) in [6.07, 6.45) is 4.20. The highest BCUT2D eigenvalue weighted by Gasteiger charge is 2.26. The van der Waals surface area contributed by atoms with Gasteiger partial charge in [0.15, 0.2) is 5.75 Å². The number of carbonyl (C=O) groups excluding carboxylic acids is 2. The molecule has 0 spiro atoms. The molecule has 0 bridgehead atoms. The number of nitrogens with one attached hydrogen (secondary N) is 1. The number of amides is 2. The summed E-state index contributed by atoms with van der Waals surface area (Å²) in [5.41, 5.74) is 12.7. The Kier molecular flexibility index (Phi) is 7.68. The number of fused-ring (bicyclic) bond motifs is 1. The van der Waals surface area contributed by atoms with Crippen LogP contribution in [0.3, 0.4) is 0 Å². The minimum Gasteiger partial charge on any atom is -0.496 e. The van der Waals surface area contributed by atoms with E-state index >= 15 is 0 Å². The largest absolute Gasteiger partial charge is 0.496 e. The van der Waals surface area contributed by atoms with E-state index in [4.69, 9.17) is 37.1 Å². The highest BCUT2D eigenvalue weighted by atomic mass is 35.5. The number of methoxy groups -OCH3 is 1. The fraction of sp³-hybridized carbons (Fsp3) is 0.227. The smallest absolute Gasteiger partial charge is 0.261 e. The number of pyridine rings is 1. The molecule has 1 saturated carbocycles. The third-order valence-corrected chi connectivity index (χ3v) is 5.21. The van der Waals surface area contributed by atoms with Crippen LogP contribution in [0.4, 0.5) is 5.69 Å². The lowest BCUT2D eigenvalue weighted by molar-refractivity contribution is 0.0949. The molecule has 0 saturated heterocycles. The number of nitrogens with two attached hydrogens (primary N) is 2. The van der Waals surface area contributed by atoms with Gasteiger partial charge in [-0.15, -0.1) is 0 Å². The lowest BCUT2D eigenvalue weighted by atomic mass is 10.1. The van der Waals surface area contributed by atoms with Gasteiger partial charge < -0.3 is 26.3 Å². The van der Waals surface area contributed by atoms with Crippen LogP contribution in [-0.4, -0.2) is 49.2 Å². The number of anilines is 1. The van der Waals surface area contributed by atoms with Crippen molar-refractivity contribution in [3.63, 3.8) is 0 Å². The van der Waals surface area contributed by atoms with Gasteiger partial charge >= 0.3 is 0 Å². The number of halogens is 1. The van der Waals surface area contributed by atoms with Gasteiger partial charge in [0.2, 0.25) is 0 Å². The second-order valence-electron chi connectivity index (χ2n) is 7.66. The normalized spacial score (nSPS) is 12.9. The van der Waals surface area contributed by atoms with E-state index in [0.717, 1.165) is 12.8 Å². The Labute approximate surface area is 206 Å².